The highest BCUT2D eigenvalue weighted by Gasteiger charge is 2.58. The van der Waals surface area contributed by atoms with Crippen LogP contribution in [0.1, 0.15) is 60.3 Å². The smallest absolute Gasteiger partial charge is 0.234 e. The van der Waals surface area contributed by atoms with Gasteiger partial charge in [0.2, 0.25) is 5.91 Å². The van der Waals surface area contributed by atoms with Gasteiger partial charge in [-0.15, -0.1) is 0 Å². The summed E-state index contributed by atoms with van der Waals surface area (Å²) >= 11 is 0. The molecule has 2 saturated heterocycles. The van der Waals surface area contributed by atoms with Crippen LogP contribution >= 0.6 is 0 Å². The summed E-state index contributed by atoms with van der Waals surface area (Å²) in [6.45, 7) is 8.17. The molecule has 0 bridgehead atoms. The third-order valence-corrected chi connectivity index (χ3v) is 8.80. The second-order valence-corrected chi connectivity index (χ2v) is 11.0. The zero-order valence-corrected chi connectivity index (χ0v) is 20.5. The first kappa shape index (κ1) is 22.1. The van der Waals surface area contributed by atoms with Gasteiger partial charge in [0.05, 0.1) is 18.1 Å². The van der Waals surface area contributed by atoms with Gasteiger partial charge in [-0.3, -0.25) is 4.79 Å². The number of benzene rings is 2. The monoisotopic (exact) mass is 460 g/mol. The van der Waals surface area contributed by atoms with E-state index in [0.717, 1.165) is 43.7 Å². The summed E-state index contributed by atoms with van der Waals surface area (Å²) in [7, 11) is 0. The van der Waals surface area contributed by atoms with Crippen molar-refractivity contribution < 1.29 is 14.3 Å². The topological polar surface area (TPSA) is 42.0 Å². The molecule has 34 heavy (non-hydrogen) atoms. The molecular formula is C29H36N2O3. The van der Waals surface area contributed by atoms with Gasteiger partial charge in [0.1, 0.15) is 5.75 Å². The molecule has 0 aromatic heterocycles. The summed E-state index contributed by atoms with van der Waals surface area (Å²) < 4.78 is 12.2. The van der Waals surface area contributed by atoms with E-state index in [1.165, 1.54) is 29.5 Å². The maximum absolute atomic E-state index is 13.9. The van der Waals surface area contributed by atoms with Crippen LogP contribution in [0.4, 0.5) is 0 Å². The number of hydrogen-bond donors (Lipinski definition) is 0. The van der Waals surface area contributed by atoms with Crippen molar-refractivity contribution in [3.8, 4) is 5.75 Å². The minimum Gasteiger partial charge on any atom is -0.473 e. The molecule has 4 aliphatic rings. The Balaban J connectivity index is 1.13. The first-order chi connectivity index (χ1) is 16.5. The van der Waals surface area contributed by atoms with Crippen molar-refractivity contribution in [1.29, 1.82) is 0 Å². The van der Waals surface area contributed by atoms with E-state index >= 15 is 0 Å². The Hall–Kier alpha value is -2.37. The van der Waals surface area contributed by atoms with Crippen molar-refractivity contribution in [3.63, 3.8) is 0 Å². The minimum absolute atomic E-state index is 0.0402. The van der Waals surface area contributed by atoms with Crippen molar-refractivity contribution in [2.45, 2.75) is 70.6 Å². The molecule has 180 valence electrons. The maximum Gasteiger partial charge on any atom is 0.234 e. The summed E-state index contributed by atoms with van der Waals surface area (Å²) in [5.41, 5.74) is 4.76. The number of hydrogen-bond acceptors (Lipinski definition) is 4. The first-order valence-electron chi connectivity index (χ1n) is 13.0. The van der Waals surface area contributed by atoms with Gasteiger partial charge in [-0.25, -0.2) is 0 Å². The summed E-state index contributed by atoms with van der Waals surface area (Å²) in [6.07, 6.45) is 5.17. The Morgan fingerprint density at radius 2 is 1.88 bits per heavy atom. The standard InChI is InChI=1S/C29H36N2O3/c1-20-4-3-5-23(14-20)22-8-11-30(12-9-22)25-16-27-29(17-25,10-13-33-27)28(32)31-18-24-15-21(2)6-7-26(24)34-19-31/h3-7,14-15,22,25,27H,8-13,16-19H2,1-2H3/t25-,27-,29-/m1/s1. The molecule has 6 rings (SSSR count). The van der Waals surface area contributed by atoms with Crippen molar-refractivity contribution in [3.05, 3.63) is 64.7 Å². The Bertz CT molecular complexity index is 1080. The van der Waals surface area contributed by atoms with Crippen LogP contribution in [-0.4, -0.2) is 54.3 Å². The SMILES string of the molecule is Cc1cccc(C2CCN([C@@H]3C[C@H]4OCC[C@@]4(C(=O)N4COc5ccc(C)cc5C4)C3)CC2)c1. The lowest BCUT2D eigenvalue weighted by molar-refractivity contribution is -0.149. The van der Waals surface area contributed by atoms with Crippen LogP contribution in [0.5, 0.6) is 5.75 Å². The molecular weight excluding hydrogens is 424 g/mol. The zero-order valence-electron chi connectivity index (χ0n) is 20.5. The number of carbonyl (C=O) groups excluding carboxylic acids is 1. The third-order valence-electron chi connectivity index (χ3n) is 8.80. The molecule has 1 aliphatic carbocycles. The number of fused-ring (bicyclic) bond motifs is 2. The number of carbonyl (C=O) groups is 1. The van der Waals surface area contributed by atoms with Crippen LogP contribution in [0.25, 0.3) is 0 Å². The van der Waals surface area contributed by atoms with E-state index in [9.17, 15) is 4.79 Å². The van der Waals surface area contributed by atoms with Gasteiger partial charge in [-0.1, -0.05) is 47.5 Å². The average Bonchev–Trinajstić information content (AvgIpc) is 3.42. The van der Waals surface area contributed by atoms with Crippen LogP contribution in [0.2, 0.25) is 0 Å². The summed E-state index contributed by atoms with van der Waals surface area (Å²) in [5, 5.41) is 0. The van der Waals surface area contributed by atoms with Crippen LogP contribution in [0, 0.1) is 19.3 Å². The summed E-state index contributed by atoms with van der Waals surface area (Å²) in [6, 6.07) is 15.7. The Morgan fingerprint density at radius 1 is 1.06 bits per heavy atom. The highest BCUT2D eigenvalue weighted by molar-refractivity contribution is 5.84. The van der Waals surface area contributed by atoms with Gasteiger partial charge in [-0.05, 0) is 76.6 Å². The van der Waals surface area contributed by atoms with E-state index in [2.05, 4.69) is 55.1 Å². The Labute approximate surface area is 203 Å². The van der Waals surface area contributed by atoms with Crippen molar-refractivity contribution in [2.75, 3.05) is 26.4 Å². The molecule has 0 N–H and O–H groups in total. The average molecular weight is 461 g/mol. The molecule has 3 fully saturated rings. The molecule has 1 saturated carbocycles. The fourth-order valence-electron chi connectivity index (χ4n) is 6.93. The van der Waals surface area contributed by atoms with Gasteiger partial charge < -0.3 is 19.3 Å². The van der Waals surface area contributed by atoms with Gasteiger partial charge in [0, 0.05) is 18.2 Å². The van der Waals surface area contributed by atoms with Crippen molar-refractivity contribution in [1.82, 2.24) is 9.80 Å². The van der Waals surface area contributed by atoms with E-state index in [1.54, 1.807) is 0 Å². The maximum atomic E-state index is 13.9. The third kappa shape index (κ3) is 3.83. The van der Waals surface area contributed by atoms with E-state index in [4.69, 9.17) is 9.47 Å². The summed E-state index contributed by atoms with van der Waals surface area (Å²) in [4.78, 5) is 18.5. The number of piperidine rings is 1. The van der Waals surface area contributed by atoms with Crippen LogP contribution in [-0.2, 0) is 16.1 Å². The number of aryl methyl sites for hydroxylation is 2. The van der Waals surface area contributed by atoms with Crippen molar-refractivity contribution in [2.24, 2.45) is 5.41 Å². The number of likely N-dealkylation sites (tertiary alicyclic amines) is 1. The Morgan fingerprint density at radius 3 is 2.71 bits per heavy atom. The lowest BCUT2D eigenvalue weighted by Gasteiger charge is -2.38. The van der Waals surface area contributed by atoms with Gasteiger partial charge in [0.15, 0.2) is 6.73 Å². The molecule has 5 heteroatoms. The predicted octanol–water partition coefficient (Wildman–Crippen LogP) is 4.80. The fraction of sp³-hybridized carbons (Fsp3) is 0.552. The molecule has 0 unspecified atom stereocenters. The zero-order chi connectivity index (χ0) is 23.3. The highest BCUT2D eigenvalue weighted by Crippen LogP contribution is 2.51. The number of ether oxygens (including phenoxy) is 2. The second-order valence-electron chi connectivity index (χ2n) is 11.0. The molecule has 2 aromatic rings. The van der Waals surface area contributed by atoms with E-state index < -0.39 is 0 Å². The molecule has 3 heterocycles. The van der Waals surface area contributed by atoms with Gasteiger partial charge in [0.25, 0.3) is 0 Å². The molecule has 1 amide bonds. The number of amides is 1. The van der Waals surface area contributed by atoms with E-state index in [1.807, 2.05) is 11.0 Å². The summed E-state index contributed by atoms with van der Waals surface area (Å²) in [5.74, 6) is 1.80. The lowest BCUT2D eigenvalue weighted by atomic mass is 9.80. The largest absolute Gasteiger partial charge is 0.473 e. The van der Waals surface area contributed by atoms with Crippen LogP contribution < -0.4 is 4.74 Å². The number of rotatable bonds is 3. The quantitative estimate of drug-likeness (QED) is 0.660. The highest BCUT2D eigenvalue weighted by atomic mass is 16.5. The van der Waals surface area contributed by atoms with E-state index in [0.29, 0.717) is 31.8 Å². The molecule has 0 radical (unpaired) electrons. The molecule has 3 aliphatic heterocycles. The van der Waals surface area contributed by atoms with Crippen molar-refractivity contribution >= 4 is 5.91 Å². The number of nitrogens with zero attached hydrogens (tertiary/aromatic N) is 2. The lowest BCUT2D eigenvalue weighted by Crippen LogP contribution is -2.49. The Kier molecular flexibility index (Phi) is 5.65. The molecule has 0 spiro atoms. The van der Waals surface area contributed by atoms with Crippen LogP contribution in [0.15, 0.2) is 42.5 Å². The second kappa shape index (κ2) is 8.69. The molecule has 3 atom stereocenters. The van der Waals surface area contributed by atoms with E-state index in [-0.39, 0.29) is 17.4 Å². The minimum atomic E-state index is -0.386. The predicted molar refractivity (Wildman–Crippen MR) is 132 cm³/mol. The fourth-order valence-corrected chi connectivity index (χ4v) is 6.93. The van der Waals surface area contributed by atoms with Crippen LogP contribution in [0.3, 0.4) is 0 Å². The first-order valence-corrected chi connectivity index (χ1v) is 13.0. The molecule has 2 aromatic carbocycles. The van der Waals surface area contributed by atoms with Gasteiger partial charge >= 0.3 is 0 Å². The normalized spacial score (nSPS) is 29.5. The molecule has 5 nitrogen and oxygen atoms in total. The van der Waals surface area contributed by atoms with Gasteiger partial charge in [-0.2, -0.15) is 0 Å².